The Hall–Kier alpha value is -0.570. The van der Waals surface area contributed by atoms with E-state index in [0.717, 1.165) is 6.42 Å². The number of carbonyl (C=O) groups excluding carboxylic acids is 1. The van der Waals surface area contributed by atoms with Crippen molar-refractivity contribution < 1.29 is 9.53 Å². The maximum atomic E-state index is 11.0. The fraction of sp³-hybridized carbons (Fsp3) is 0.857. The fourth-order valence-corrected chi connectivity index (χ4v) is 2.93. The molecule has 2 aliphatic rings. The van der Waals surface area contributed by atoms with Crippen molar-refractivity contribution in [3.63, 3.8) is 0 Å². The number of nitrogens with one attached hydrogen (secondary N) is 1. The van der Waals surface area contributed by atoms with Gasteiger partial charge in [0.1, 0.15) is 6.10 Å². The summed E-state index contributed by atoms with van der Waals surface area (Å²) in [5.74, 6) is 0.101. The first-order valence-corrected chi connectivity index (χ1v) is 7.66. The number of hydrogen-bond acceptors (Lipinski definition) is 3. The number of rotatable bonds is 4. The Morgan fingerprint density at radius 2 is 1.76 bits per heavy atom. The Bertz CT molecular complexity index is 357. The van der Waals surface area contributed by atoms with Crippen LogP contribution in [0.3, 0.4) is 0 Å². The third-order valence-electron chi connectivity index (χ3n) is 4.10. The van der Waals surface area contributed by atoms with Gasteiger partial charge in [-0.15, -0.1) is 24.0 Å². The molecule has 0 radical (unpaired) electrons. The molecule has 1 aliphatic carbocycles. The Morgan fingerprint density at radius 1 is 1.10 bits per heavy atom. The van der Waals surface area contributed by atoms with Crippen molar-refractivity contribution in [3.8, 4) is 0 Å². The molecule has 1 amide bonds. The van der Waals surface area contributed by atoms with Crippen molar-refractivity contribution in [2.45, 2.75) is 69.6 Å². The van der Waals surface area contributed by atoms with Gasteiger partial charge < -0.3 is 21.5 Å². The molecule has 5 N–H and O–H groups in total. The molecule has 122 valence electrons. The minimum absolute atomic E-state index is 0. The number of amides is 1. The normalized spacial score (nSPS) is 27.7. The average Bonchev–Trinajstić information content (AvgIpc) is 2.75. The molecule has 0 aromatic heterocycles. The van der Waals surface area contributed by atoms with Crippen LogP contribution in [0.15, 0.2) is 4.99 Å². The second-order valence-corrected chi connectivity index (χ2v) is 5.79. The molecule has 2 atom stereocenters. The highest BCUT2D eigenvalue weighted by Crippen LogP contribution is 2.20. The lowest BCUT2D eigenvalue weighted by Gasteiger charge is -2.17. The van der Waals surface area contributed by atoms with Crippen molar-refractivity contribution in [1.82, 2.24) is 5.32 Å². The van der Waals surface area contributed by atoms with Gasteiger partial charge in [-0.05, 0) is 25.7 Å². The van der Waals surface area contributed by atoms with E-state index in [9.17, 15) is 4.79 Å². The van der Waals surface area contributed by atoms with E-state index in [-0.39, 0.29) is 36.0 Å². The van der Waals surface area contributed by atoms with E-state index in [4.69, 9.17) is 16.2 Å². The lowest BCUT2D eigenvalue weighted by molar-refractivity contribution is -0.128. The van der Waals surface area contributed by atoms with E-state index in [0.29, 0.717) is 25.0 Å². The van der Waals surface area contributed by atoms with Crippen LogP contribution in [0.1, 0.15) is 51.4 Å². The molecule has 1 heterocycles. The summed E-state index contributed by atoms with van der Waals surface area (Å²) < 4.78 is 5.52. The Morgan fingerprint density at radius 3 is 2.33 bits per heavy atom. The minimum atomic E-state index is -0.453. The molecule has 0 aromatic rings. The number of nitrogens with zero attached hydrogens (tertiary/aromatic N) is 1. The summed E-state index contributed by atoms with van der Waals surface area (Å²) in [6, 6.07) is 0.448. The van der Waals surface area contributed by atoms with Gasteiger partial charge in [0.25, 0.3) is 0 Å². The first kappa shape index (κ1) is 18.5. The fourth-order valence-electron chi connectivity index (χ4n) is 2.93. The maximum Gasteiger partial charge on any atom is 0.246 e. The van der Waals surface area contributed by atoms with Crippen molar-refractivity contribution in [1.29, 1.82) is 0 Å². The van der Waals surface area contributed by atoms with Gasteiger partial charge in [-0.2, -0.15) is 0 Å². The summed E-state index contributed by atoms with van der Waals surface area (Å²) in [6.45, 7) is 0.495. The summed E-state index contributed by atoms with van der Waals surface area (Å²) >= 11 is 0. The van der Waals surface area contributed by atoms with E-state index in [1.807, 2.05) is 0 Å². The molecule has 2 rings (SSSR count). The van der Waals surface area contributed by atoms with Crippen LogP contribution in [-0.2, 0) is 9.53 Å². The number of carbonyl (C=O) groups is 1. The Balaban J connectivity index is 0.00000220. The predicted octanol–water partition coefficient (Wildman–Crippen LogP) is 1.26. The van der Waals surface area contributed by atoms with E-state index in [1.165, 1.54) is 38.5 Å². The second kappa shape index (κ2) is 9.45. The summed E-state index contributed by atoms with van der Waals surface area (Å²) in [6.07, 6.45) is 8.50. The lowest BCUT2D eigenvalue weighted by atomic mass is 10.1. The summed E-state index contributed by atoms with van der Waals surface area (Å²) in [5, 5.41) is 3.30. The molecule has 2 unspecified atom stereocenters. The van der Waals surface area contributed by atoms with Crippen molar-refractivity contribution in [2.24, 2.45) is 16.5 Å². The predicted molar refractivity (Wildman–Crippen MR) is 93.6 cm³/mol. The molecule has 1 aliphatic heterocycles. The molecule has 7 heteroatoms. The molecular weight excluding hydrogens is 383 g/mol. The monoisotopic (exact) mass is 410 g/mol. The van der Waals surface area contributed by atoms with E-state index in [2.05, 4.69) is 10.3 Å². The van der Waals surface area contributed by atoms with Gasteiger partial charge in [-0.1, -0.05) is 25.7 Å². The molecule has 0 bridgehead atoms. The molecule has 0 spiro atoms. The zero-order chi connectivity index (χ0) is 14.4. The SMILES string of the molecule is I.NC(=O)C1CCC(CN=C(N)NC2CCCCCC2)O1. The molecule has 1 saturated heterocycles. The highest BCUT2D eigenvalue weighted by molar-refractivity contribution is 14.0. The average molecular weight is 410 g/mol. The van der Waals surface area contributed by atoms with Gasteiger partial charge in [0.05, 0.1) is 12.6 Å². The zero-order valence-electron chi connectivity index (χ0n) is 12.4. The van der Waals surface area contributed by atoms with Crippen LogP contribution in [0, 0.1) is 0 Å². The van der Waals surface area contributed by atoms with E-state index >= 15 is 0 Å². The molecular formula is C14H27IN4O2. The smallest absolute Gasteiger partial charge is 0.246 e. The highest BCUT2D eigenvalue weighted by Gasteiger charge is 2.28. The van der Waals surface area contributed by atoms with Gasteiger partial charge in [-0.25, -0.2) is 0 Å². The molecule has 21 heavy (non-hydrogen) atoms. The molecule has 6 nitrogen and oxygen atoms in total. The van der Waals surface area contributed by atoms with Gasteiger partial charge in [0.15, 0.2) is 5.96 Å². The van der Waals surface area contributed by atoms with Crippen LogP contribution in [0.5, 0.6) is 0 Å². The topological polar surface area (TPSA) is 103 Å². The molecule has 1 saturated carbocycles. The van der Waals surface area contributed by atoms with Crippen LogP contribution in [0.4, 0.5) is 0 Å². The minimum Gasteiger partial charge on any atom is -0.370 e. The number of halogens is 1. The number of hydrogen-bond donors (Lipinski definition) is 3. The number of nitrogens with two attached hydrogens (primary N) is 2. The van der Waals surface area contributed by atoms with Crippen LogP contribution in [-0.4, -0.2) is 36.7 Å². The summed E-state index contributed by atoms with van der Waals surface area (Å²) in [5.41, 5.74) is 11.1. The lowest BCUT2D eigenvalue weighted by Crippen LogP contribution is -2.40. The van der Waals surface area contributed by atoms with Gasteiger partial charge >= 0.3 is 0 Å². The van der Waals surface area contributed by atoms with E-state index in [1.54, 1.807) is 0 Å². The van der Waals surface area contributed by atoms with Crippen molar-refractivity contribution in [3.05, 3.63) is 0 Å². The van der Waals surface area contributed by atoms with Crippen LogP contribution >= 0.6 is 24.0 Å². The Labute approximate surface area is 143 Å². The number of aliphatic imine (C=N–C) groups is 1. The third-order valence-corrected chi connectivity index (χ3v) is 4.10. The highest BCUT2D eigenvalue weighted by atomic mass is 127. The zero-order valence-corrected chi connectivity index (χ0v) is 14.8. The first-order chi connectivity index (χ1) is 9.65. The molecule has 0 aromatic carbocycles. The third kappa shape index (κ3) is 6.37. The van der Waals surface area contributed by atoms with Crippen LogP contribution in [0.2, 0.25) is 0 Å². The summed E-state index contributed by atoms with van der Waals surface area (Å²) in [4.78, 5) is 15.3. The number of ether oxygens (including phenoxy) is 1. The Kier molecular flexibility index (Phi) is 8.31. The van der Waals surface area contributed by atoms with Crippen molar-refractivity contribution in [2.75, 3.05) is 6.54 Å². The van der Waals surface area contributed by atoms with E-state index < -0.39 is 6.10 Å². The first-order valence-electron chi connectivity index (χ1n) is 7.66. The number of guanidine groups is 1. The summed E-state index contributed by atoms with van der Waals surface area (Å²) in [7, 11) is 0. The van der Waals surface area contributed by atoms with Crippen LogP contribution in [0.25, 0.3) is 0 Å². The largest absolute Gasteiger partial charge is 0.370 e. The van der Waals surface area contributed by atoms with Crippen molar-refractivity contribution >= 4 is 35.8 Å². The van der Waals surface area contributed by atoms with Crippen LogP contribution < -0.4 is 16.8 Å². The standard InChI is InChI=1S/C14H26N4O2.HI/c15-13(19)12-8-7-11(20-12)9-17-14(16)18-10-5-3-1-2-4-6-10;/h10-12H,1-9H2,(H2,15,19)(H3,16,17,18);1H. The quantitative estimate of drug-likeness (QED) is 0.281. The second-order valence-electron chi connectivity index (χ2n) is 5.79. The number of primary amides is 1. The molecule has 2 fully saturated rings. The maximum absolute atomic E-state index is 11.0. The van der Waals surface area contributed by atoms with Gasteiger partial charge in [0.2, 0.25) is 5.91 Å². The van der Waals surface area contributed by atoms with Gasteiger partial charge in [-0.3, -0.25) is 9.79 Å². The van der Waals surface area contributed by atoms with Gasteiger partial charge in [0, 0.05) is 6.04 Å².